The minimum atomic E-state index is -4.45. The summed E-state index contributed by atoms with van der Waals surface area (Å²) in [5, 5.41) is 17.5. The van der Waals surface area contributed by atoms with Crippen molar-refractivity contribution < 1.29 is 53.9 Å². The van der Waals surface area contributed by atoms with Gasteiger partial charge in [0, 0.05) is 0 Å². The zero-order chi connectivity index (χ0) is 24.6. The molecule has 15 heteroatoms. The SMILES string of the molecule is CCS(=O)(=O)O.Cc1ccccc1S(=O)(=O)O.O=C(O)c1cc(S(=O)(=O)O)ccc1O. The van der Waals surface area contributed by atoms with Crippen LogP contribution in [0, 0.1) is 6.92 Å². The zero-order valence-corrected chi connectivity index (χ0v) is 18.5. The number of benzene rings is 2. The molecule has 0 fully saturated rings. The van der Waals surface area contributed by atoms with E-state index in [0.29, 0.717) is 11.6 Å². The van der Waals surface area contributed by atoms with Gasteiger partial charge in [-0.1, -0.05) is 18.2 Å². The third-order valence-corrected chi connectivity index (χ3v) is 5.83. The predicted molar refractivity (Wildman–Crippen MR) is 108 cm³/mol. The van der Waals surface area contributed by atoms with Crippen LogP contribution in [0.5, 0.6) is 5.75 Å². The van der Waals surface area contributed by atoms with Crippen LogP contribution in [0.3, 0.4) is 0 Å². The Morgan fingerprint density at radius 2 is 1.35 bits per heavy atom. The fraction of sp³-hybridized carbons (Fsp3) is 0.188. The summed E-state index contributed by atoms with van der Waals surface area (Å²) in [6, 6.07) is 8.73. The Morgan fingerprint density at radius 3 is 1.68 bits per heavy atom. The fourth-order valence-electron chi connectivity index (χ4n) is 1.69. The van der Waals surface area contributed by atoms with Crippen LogP contribution in [-0.4, -0.2) is 60.8 Å². The van der Waals surface area contributed by atoms with Gasteiger partial charge in [0.2, 0.25) is 0 Å². The standard InChI is InChI=1S/C7H6O6S.C7H8O3S.C2H6O3S/c8-6-2-1-4(14(11,12)13)3-5(6)7(9)10;1-6-4-2-3-5-7(6)11(8,9)10;1-2-6(3,4)5/h1-3,8H,(H,9,10)(H,11,12,13);2-5H,1H3,(H,8,9,10);2H2,1H3,(H,3,4,5). The maximum absolute atomic E-state index is 10.6. The molecule has 0 bridgehead atoms. The molecule has 174 valence electrons. The molecule has 0 aromatic heterocycles. The molecule has 31 heavy (non-hydrogen) atoms. The molecule has 12 nitrogen and oxygen atoms in total. The number of hydrogen-bond donors (Lipinski definition) is 5. The van der Waals surface area contributed by atoms with Crippen LogP contribution in [0.4, 0.5) is 0 Å². The van der Waals surface area contributed by atoms with Crippen LogP contribution in [0.15, 0.2) is 52.3 Å². The summed E-state index contributed by atoms with van der Waals surface area (Å²) in [6.07, 6.45) is 0. The van der Waals surface area contributed by atoms with E-state index < -0.39 is 52.5 Å². The van der Waals surface area contributed by atoms with Crippen molar-refractivity contribution in [1.82, 2.24) is 0 Å². The van der Waals surface area contributed by atoms with Crippen molar-refractivity contribution in [3.63, 3.8) is 0 Å². The summed E-state index contributed by atoms with van der Waals surface area (Å²) < 4.78 is 86.6. The van der Waals surface area contributed by atoms with Gasteiger partial charge in [0.1, 0.15) is 11.3 Å². The molecule has 0 heterocycles. The fourth-order valence-corrected chi connectivity index (χ4v) is 2.93. The van der Waals surface area contributed by atoms with Crippen molar-refractivity contribution in [3.8, 4) is 5.75 Å². The van der Waals surface area contributed by atoms with E-state index in [-0.39, 0.29) is 10.6 Å². The summed E-state index contributed by atoms with van der Waals surface area (Å²) in [4.78, 5) is 9.86. The van der Waals surface area contributed by atoms with Gasteiger partial charge in [-0.15, -0.1) is 0 Å². The van der Waals surface area contributed by atoms with Crippen LogP contribution < -0.4 is 0 Å². The van der Waals surface area contributed by atoms with Crippen molar-refractivity contribution >= 4 is 36.3 Å². The third-order valence-electron chi connectivity index (χ3n) is 3.23. The molecular weight excluding hydrogens is 480 g/mol. The van der Waals surface area contributed by atoms with Crippen LogP contribution in [0.1, 0.15) is 22.8 Å². The summed E-state index contributed by atoms with van der Waals surface area (Å²) in [5.41, 5.74) is -0.0323. The van der Waals surface area contributed by atoms with Gasteiger partial charge in [0.15, 0.2) is 0 Å². The molecule has 0 amide bonds. The Labute approximate surface area is 179 Å². The Hall–Kier alpha value is -2.56. The molecule has 0 aliphatic rings. The normalized spacial score (nSPS) is 11.4. The first-order chi connectivity index (χ1) is 13.9. The van der Waals surface area contributed by atoms with Gasteiger partial charge in [0.25, 0.3) is 30.4 Å². The number of carboxylic acid groups (broad SMARTS) is 1. The lowest BCUT2D eigenvalue weighted by molar-refractivity contribution is 0.0693. The highest BCUT2D eigenvalue weighted by molar-refractivity contribution is 7.86. The summed E-state index contributed by atoms with van der Waals surface area (Å²) >= 11 is 0. The Kier molecular flexibility index (Phi) is 10.2. The van der Waals surface area contributed by atoms with Gasteiger partial charge >= 0.3 is 5.97 Å². The van der Waals surface area contributed by atoms with E-state index in [4.69, 9.17) is 23.9 Å². The highest BCUT2D eigenvalue weighted by Gasteiger charge is 2.16. The van der Waals surface area contributed by atoms with E-state index in [1.54, 1.807) is 25.1 Å². The molecule has 5 N–H and O–H groups in total. The van der Waals surface area contributed by atoms with Crippen molar-refractivity contribution in [2.45, 2.75) is 23.6 Å². The van der Waals surface area contributed by atoms with Crippen LogP contribution >= 0.6 is 0 Å². The zero-order valence-electron chi connectivity index (χ0n) is 16.1. The molecule has 2 aromatic carbocycles. The maximum atomic E-state index is 10.6. The lowest BCUT2D eigenvalue weighted by atomic mass is 10.2. The number of carbonyl (C=O) groups is 1. The van der Waals surface area contributed by atoms with Crippen molar-refractivity contribution in [3.05, 3.63) is 53.6 Å². The molecule has 0 spiro atoms. The molecule has 0 unspecified atom stereocenters. The number of carboxylic acids is 1. The minimum absolute atomic E-state index is 0.0278. The Bertz CT molecular complexity index is 1230. The summed E-state index contributed by atoms with van der Waals surface area (Å²) in [5.74, 6) is -2.24. The van der Waals surface area contributed by atoms with E-state index in [1.807, 2.05) is 0 Å². The van der Waals surface area contributed by atoms with E-state index >= 15 is 0 Å². The van der Waals surface area contributed by atoms with E-state index in [1.165, 1.54) is 13.0 Å². The number of aromatic carboxylic acids is 1. The lowest BCUT2D eigenvalue weighted by Crippen LogP contribution is -2.02. The molecule has 0 atom stereocenters. The summed E-state index contributed by atoms with van der Waals surface area (Å²) in [7, 11) is -12.1. The Balaban J connectivity index is 0.000000472. The first-order valence-corrected chi connectivity index (χ1v) is 12.4. The van der Waals surface area contributed by atoms with Crippen molar-refractivity contribution in [2.75, 3.05) is 5.75 Å². The van der Waals surface area contributed by atoms with E-state index in [0.717, 1.165) is 12.1 Å². The molecule has 0 aliphatic heterocycles. The topological polar surface area (TPSA) is 221 Å². The van der Waals surface area contributed by atoms with Gasteiger partial charge in [0.05, 0.1) is 15.5 Å². The van der Waals surface area contributed by atoms with Gasteiger partial charge in [-0.25, -0.2) is 4.79 Å². The minimum Gasteiger partial charge on any atom is -0.507 e. The van der Waals surface area contributed by atoms with Gasteiger partial charge in [-0.3, -0.25) is 13.7 Å². The Morgan fingerprint density at radius 1 is 0.871 bits per heavy atom. The first kappa shape index (κ1) is 28.4. The van der Waals surface area contributed by atoms with Crippen LogP contribution in [-0.2, 0) is 30.4 Å². The van der Waals surface area contributed by atoms with Crippen molar-refractivity contribution in [1.29, 1.82) is 0 Å². The molecular formula is C16H20O12S3. The molecule has 2 rings (SSSR count). The van der Waals surface area contributed by atoms with Crippen LogP contribution in [0.2, 0.25) is 0 Å². The second-order valence-electron chi connectivity index (χ2n) is 5.57. The average molecular weight is 501 g/mol. The molecule has 0 saturated heterocycles. The highest BCUT2D eigenvalue weighted by atomic mass is 32.2. The van der Waals surface area contributed by atoms with Gasteiger partial charge in [-0.05, 0) is 43.7 Å². The second kappa shape index (κ2) is 11.2. The third kappa shape index (κ3) is 10.9. The largest absolute Gasteiger partial charge is 0.507 e. The summed E-state index contributed by atoms with van der Waals surface area (Å²) in [6.45, 7) is 3.00. The number of phenols is 1. The van der Waals surface area contributed by atoms with E-state index in [9.17, 15) is 30.0 Å². The van der Waals surface area contributed by atoms with E-state index in [2.05, 4.69) is 0 Å². The smallest absolute Gasteiger partial charge is 0.339 e. The number of rotatable bonds is 4. The van der Waals surface area contributed by atoms with Crippen molar-refractivity contribution in [2.24, 2.45) is 0 Å². The monoisotopic (exact) mass is 500 g/mol. The molecule has 0 saturated carbocycles. The molecule has 0 aliphatic carbocycles. The number of aromatic hydroxyl groups is 1. The second-order valence-corrected chi connectivity index (χ2v) is 10.1. The van der Waals surface area contributed by atoms with Gasteiger partial charge in [-0.2, -0.15) is 25.3 Å². The average Bonchev–Trinajstić information content (AvgIpc) is 2.60. The maximum Gasteiger partial charge on any atom is 0.339 e. The number of hydrogen-bond acceptors (Lipinski definition) is 8. The molecule has 2 aromatic rings. The predicted octanol–water partition coefficient (Wildman–Crippen LogP) is 1.47. The molecule has 0 radical (unpaired) electrons. The van der Waals surface area contributed by atoms with Crippen LogP contribution in [0.25, 0.3) is 0 Å². The highest BCUT2D eigenvalue weighted by Crippen LogP contribution is 2.20. The lowest BCUT2D eigenvalue weighted by Gasteiger charge is -2.01. The quantitative estimate of drug-likeness (QED) is 0.377. The number of aryl methyl sites for hydroxylation is 1. The first-order valence-electron chi connectivity index (χ1n) is 7.92. The van der Waals surface area contributed by atoms with Gasteiger partial charge < -0.3 is 10.2 Å².